The van der Waals surface area contributed by atoms with E-state index < -0.39 is 4.92 Å². The Kier molecular flexibility index (Phi) is 4.33. The van der Waals surface area contributed by atoms with Gasteiger partial charge in [0.05, 0.1) is 10.5 Å². The highest BCUT2D eigenvalue weighted by Crippen LogP contribution is 2.17. The second kappa shape index (κ2) is 5.73. The Morgan fingerprint density at radius 2 is 2.17 bits per heavy atom. The van der Waals surface area contributed by atoms with Crippen LogP contribution in [0.1, 0.15) is 19.4 Å². The lowest BCUT2D eigenvalue weighted by atomic mass is 10.00. The maximum atomic E-state index is 11.7. The first kappa shape index (κ1) is 13.6. The topological polar surface area (TPSA) is 84.0 Å². The van der Waals surface area contributed by atoms with Crippen molar-refractivity contribution in [1.29, 1.82) is 5.26 Å². The van der Waals surface area contributed by atoms with E-state index in [4.69, 9.17) is 5.26 Å². The first-order valence-corrected chi connectivity index (χ1v) is 5.36. The molecule has 0 aliphatic carbocycles. The molecule has 0 amide bonds. The van der Waals surface area contributed by atoms with Crippen LogP contribution >= 0.6 is 0 Å². The van der Waals surface area contributed by atoms with Crippen molar-refractivity contribution in [3.05, 3.63) is 45.5 Å². The molecule has 1 aromatic rings. The molecule has 0 N–H and O–H groups in total. The van der Waals surface area contributed by atoms with E-state index in [9.17, 15) is 14.9 Å². The molecular formula is C13H12N2O3. The largest absolute Gasteiger partial charge is 0.293 e. The number of rotatable bonds is 4. The first-order valence-electron chi connectivity index (χ1n) is 5.36. The number of ketones is 1. The van der Waals surface area contributed by atoms with Gasteiger partial charge in [0.2, 0.25) is 0 Å². The van der Waals surface area contributed by atoms with Gasteiger partial charge in [-0.15, -0.1) is 0 Å². The molecular weight excluding hydrogens is 232 g/mol. The van der Waals surface area contributed by atoms with Crippen molar-refractivity contribution in [2.45, 2.75) is 13.8 Å². The molecule has 1 aromatic carbocycles. The van der Waals surface area contributed by atoms with Crippen LogP contribution in [0.4, 0.5) is 5.69 Å². The van der Waals surface area contributed by atoms with Gasteiger partial charge in [-0.25, -0.2) is 0 Å². The number of non-ortho nitro benzene ring substituents is 1. The van der Waals surface area contributed by atoms with E-state index in [2.05, 4.69) is 0 Å². The van der Waals surface area contributed by atoms with Gasteiger partial charge in [0.25, 0.3) is 5.69 Å². The molecule has 0 heterocycles. The van der Waals surface area contributed by atoms with E-state index in [1.54, 1.807) is 19.9 Å². The van der Waals surface area contributed by atoms with Crippen LogP contribution in [0.15, 0.2) is 29.8 Å². The predicted molar refractivity (Wildman–Crippen MR) is 66.5 cm³/mol. The number of nitrogens with zero attached hydrogens (tertiary/aromatic N) is 2. The molecule has 0 radical (unpaired) electrons. The van der Waals surface area contributed by atoms with Crippen molar-refractivity contribution in [1.82, 2.24) is 0 Å². The van der Waals surface area contributed by atoms with Gasteiger partial charge in [0.15, 0.2) is 5.78 Å². The summed E-state index contributed by atoms with van der Waals surface area (Å²) < 4.78 is 0. The fraction of sp³-hybridized carbons (Fsp3) is 0.231. The van der Waals surface area contributed by atoms with Crippen LogP contribution in [0.2, 0.25) is 0 Å². The molecule has 5 nitrogen and oxygen atoms in total. The van der Waals surface area contributed by atoms with Crippen LogP contribution in [-0.4, -0.2) is 10.7 Å². The second-order valence-electron chi connectivity index (χ2n) is 4.04. The third-order valence-corrected chi connectivity index (χ3v) is 2.30. The van der Waals surface area contributed by atoms with Gasteiger partial charge in [0.1, 0.15) is 6.07 Å². The van der Waals surface area contributed by atoms with Gasteiger partial charge in [0, 0.05) is 18.1 Å². The number of benzene rings is 1. The lowest BCUT2D eigenvalue weighted by Crippen LogP contribution is -2.08. The second-order valence-corrected chi connectivity index (χ2v) is 4.04. The van der Waals surface area contributed by atoms with Crippen molar-refractivity contribution in [3.63, 3.8) is 0 Å². The van der Waals surface area contributed by atoms with Crippen molar-refractivity contribution < 1.29 is 9.72 Å². The van der Waals surface area contributed by atoms with Gasteiger partial charge < -0.3 is 0 Å². The molecule has 92 valence electrons. The fourth-order valence-corrected chi connectivity index (χ4v) is 1.36. The van der Waals surface area contributed by atoms with Crippen LogP contribution < -0.4 is 0 Å². The average Bonchev–Trinajstić information content (AvgIpc) is 2.35. The highest BCUT2D eigenvalue weighted by atomic mass is 16.6. The van der Waals surface area contributed by atoms with E-state index in [1.165, 1.54) is 24.3 Å². The molecule has 0 unspecified atom stereocenters. The molecule has 0 bridgehead atoms. The van der Waals surface area contributed by atoms with Crippen molar-refractivity contribution >= 4 is 17.5 Å². The molecule has 0 saturated heterocycles. The Hall–Kier alpha value is -2.48. The Morgan fingerprint density at radius 1 is 1.50 bits per heavy atom. The van der Waals surface area contributed by atoms with E-state index in [1.807, 2.05) is 6.07 Å². The van der Waals surface area contributed by atoms with Gasteiger partial charge in [-0.3, -0.25) is 14.9 Å². The number of carbonyl (C=O) groups excluding carboxylic acids is 1. The van der Waals surface area contributed by atoms with E-state index in [-0.39, 0.29) is 23.0 Å². The summed E-state index contributed by atoms with van der Waals surface area (Å²) in [5, 5.41) is 19.5. The summed E-state index contributed by atoms with van der Waals surface area (Å²) in [4.78, 5) is 21.8. The minimum atomic E-state index is -0.520. The Balaban J connectivity index is 3.15. The predicted octanol–water partition coefficient (Wildman–Crippen LogP) is 2.73. The van der Waals surface area contributed by atoms with Crippen LogP contribution in [0.5, 0.6) is 0 Å². The Morgan fingerprint density at radius 3 is 2.67 bits per heavy atom. The van der Waals surface area contributed by atoms with Crippen molar-refractivity contribution in [2.75, 3.05) is 0 Å². The number of Topliss-reactive ketones (excluding diaryl/α,β-unsaturated/α-hetero) is 1. The average molecular weight is 244 g/mol. The van der Waals surface area contributed by atoms with E-state index in [0.29, 0.717) is 5.56 Å². The summed E-state index contributed by atoms with van der Waals surface area (Å²) in [6.45, 7) is 3.39. The molecule has 0 fully saturated rings. The van der Waals surface area contributed by atoms with E-state index in [0.717, 1.165) is 0 Å². The summed E-state index contributed by atoms with van der Waals surface area (Å²) in [7, 11) is 0. The minimum Gasteiger partial charge on any atom is -0.293 e. The maximum absolute atomic E-state index is 11.7. The highest BCUT2D eigenvalue weighted by Gasteiger charge is 2.13. The molecule has 0 atom stereocenters. The summed E-state index contributed by atoms with van der Waals surface area (Å²) in [6.07, 6.45) is 1.37. The molecule has 1 rings (SSSR count). The van der Waals surface area contributed by atoms with Crippen molar-refractivity contribution in [3.8, 4) is 6.07 Å². The SMILES string of the molecule is CC(C)C(=O)C(C#N)=Cc1cccc([N+](=O)[O-])c1. The number of nitro benzene ring substituents is 1. The normalized spacial score (nSPS) is 11.1. The number of allylic oxidation sites excluding steroid dienone is 1. The summed E-state index contributed by atoms with van der Waals surface area (Å²) in [5.74, 6) is -0.557. The first-order chi connectivity index (χ1) is 8.45. The summed E-state index contributed by atoms with van der Waals surface area (Å²) in [6, 6.07) is 7.62. The fourth-order valence-electron chi connectivity index (χ4n) is 1.36. The van der Waals surface area contributed by atoms with Gasteiger partial charge >= 0.3 is 0 Å². The quantitative estimate of drug-likeness (QED) is 0.353. The summed E-state index contributed by atoms with van der Waals surface area (Å²) >= 11 is 0. The Labute approximate surface area is 105 Å². The zero-order chi connectivity index (χ0) is 13.7. The van der Waals surface area contributed by atoms with Gasteiger partial charge in [-0.1, -0.05) is 26.0 Å². The monoisotopic (exact) mass is 244 g/mol. The third-order valence-electron chi connectivity index (χ3n) is 2.30. The number of nitro groups is 1. The number of nitriles is 1. The van der Waals surface area contributed by atoms with E-state index >= 15 is 0 Å². The van der Waals surface area contributed by atoms with Gasteiger partial charge in [-0.2, -0.15) is 5.26 Å². The highest BCUT2D eigenvalue weighted by molar-refractivity contribution is 6.04. The molecule has 0 spiro atoms. The minimum absolute atomic E-state index is 0.00509. The third kappa shape index (κ3) is 3.25. The molecule has 0 aliphatic heterocycles. The molecule has 0 aromatic heterocycles. The Bertz CT molecular complexity index is 554. The number of hydrogen-bond donors (Lipinski definition) is 0. The number of hydrogen-bond acceptors (Lipinski definition) is 4. The van der Waals surface area contributed by atoms with Crippen molar-refractivity contribution in [2.24, 2.45) is 5.92 Å². The summed E-state index contributed by atoms with van der Waals surface area (Å²) in [5.41, 5.74) is 0.401. The van der Waals surface area contributed by atoms with Crippen LogP contribution in [0.3, 0.4) is 0 Å². The van der Waals surface area contributed by atoms with Crippen LogP contribution in [0.25, 0.3) is 6.08 Å². The zero-order valence-corrected chi connectivity index (χ0v) is 10.1. The lowest BCUT2D eigenvalue weighted by molar-refractivity contribution is -0.384. The smallest absolute Gasteiger partial charge is 0.270 e. The molecule has 5 heteroatoms. The molecule has 18 heavy (non-hydrogen) atoms. The zero-order valence-electron chi connectivity index (χ0n) is 10.1. The van der Waals surface area contributed by atoms with Crippen LogP contribution in [-0.2, 0) is 4.79 Å². The number of carbonyl (C=O) groups is 1. The van der Waals surface area contributed by atoms with Gasteiger partial charge in [-0.05, 0) is 11.6 Å². The molecule has 0 saturated carbocycles. The standard InChI is InChI=1S/C13H12N2O3/c1-9(2)13(16)11(8-14)6-10-4-3-5-12(7-10)15(17)18/h3-7,9H,1-2H3. The lowest BCUT2D eigenvalue weighted by Gasteiger charge is -2.02. The molecule has 0 aliphatic rings. The van der Waals surface area contributed by atoms with Crippen LogP contribution in [0, 0.1) is 27.4 Å². The maximum Gasteiger partial charge on any atom is 0.270 e.